The molecule has 0 aromatic carbocycles. The van der Waals surface area contributed by atoms with Gasteiger partial charge in [-0.25, -0.2) is 0 Å². The van der Waals surface area contributed by atoms with E-state index in [0.717, 1.165) is 32.5 Å². The lowest BCUT2D eigenvalue weighted by molar-refractivity contribution is 0.0585. The molecule has 0 radical (unpaired) electrons. The van der Waals surface area contributed by atoms with Gasteiger partial charge in [0.15, 0.2) is 0 Å². The Morgan fingerprint density at radius 2 is 2.27 bits per heavy atom. The first kappa shape index (κ1) is 10.6. The summed E-state index contributed by atoms with van der Waals surface area (Å²) < 4.78 is 5.33. The van der Waals surface area contributed by atoms with Crippen molar-refractivity contribution in [2.24, 2.45) is 11.7 Å². The number of ether oxygens (including phenoxy) is 1. The van der Waals surface area contributed by atoms with Crippen molar-refractivity contribution in [3.05, 3.63) is 30.1 Å². The first-order valence-electron chi connectivity index (χ1n) is 5.58. The average molecular weight is 206 g/mol. The fourth-order valence-electron chi connectivity index (χ4n) is 2.10. The molecule has 1 atom stereocenters. The lowest BCUT2D eigenvalue weighted by Crippen LogP contribution is -2.36. The van der Waals surface area contributed by atoms with Crippen LogP contribution in [0.5, 0.6) is 0 Å². The lowest BCUT2D eigenvalue weighted by atomic mass is 9.89. The number of nitrogens with zero attached hydrogens (tertiary/aromatic N) is 1. The van der Waals surface area contributed by atoms with Gasteiger partial charge in [-0.2, -0.15) is 0 Å². The average Bonchev–Trinajstić information content (AvgIpc) is 2.31. The Labute approximate surface area is 90.7 Å². The number of rotatable bonds is 3. The van der Waals surface area contributed by atoms with Crippen molar-refractivity contribution in [1.29, 1.82) is 0 Å². The lowest BCUT2D eigenvalue weighted by Gasteiger charge is -2.27. The first-order chi connectivity index (χ1) is 7.36. The minimum Gasteiger partial charge on any atom is -0.381 e. The fraction of sp³-hybridized carbons (Fsp3) is 0.583. The largest absolute Gasteiger partial charge is 0.381 e. The molecule has 3 nitrogen and oxygen atoms in total. The first-order valence-corrected chi connectivity index (χ1v) is 5.58. The quantitative estimate of drug-likeness (QED) is 0.812. The zero-order valence-corrected chi connectivity index (χ0v) is 8.93. The van der Waals surface area contributed by atoms with Crippen LogP contribution in [0.3, 0.4) is 0 Å². The number of nitrogens with two attached hydrogens (primary N) is 1. The highest BCUT2D eigenvalue weighted by Gasteiger charge is 2.20. The van der Waals surface area contributed by atoms with Crippen molar-refractivity contribution < 1.29 is 4.74 Å². The Morgan fingerprint density at radius 3 is 2.93 bits per heavy atom. The van der Waals surface area contributed by atoms with Crippen LogP contribution in [0.25, 0.3) is 0 Å². The molecule has 2 heterocycles. The molecule has 1 fully saturated rings. The van der Waals surface area contributed by atoms with E-state index in [9.17, 15) is 0 Å². The Morgan fingerprint density at radius 1 is 1.47 bits per heavy atom. The Hall–Kier alpha value is -0.930. The van der Waals surface area contributed by atoms with Crippen molar-refractivity contribution in [2.45, 2.75) is 25.3 Å². The zero-order valence-electron chi connectivity index (χ0n) is 8.93. The van der Waals surface area contributed by atoms with E-state index in [0.29, 0.717) is 5.92 Å². The fourth-order valence-corrected chi connectivity index (χ4v) is 2.10. The van der Waals surface area contributed by atoms with Crippen LogP contribution in [0.1, 0.15) is 18.4 Å². The third-order valence-electron chi connectivity index (χ3n) is 3.07. The van der Waals surface area contributed by atoms with Gasteiger partial charge in [0.2, 0.25) is 0 Å². The summed E-state index contributed by atoms with van der Waals surface area (Å²) in [4.78, 5) is 4.10. The maximum Gasteiger partial charge on any atom is 0.0469 e. The molecule has 1 aromatic rings. The van der Waals surface area contributed by atoms with Gasteiger partial charge in [0.05, 0.1) is 0 Å². The summed E-state index contributed by atoms with van der Waals surface area (Å²) in [5, 5.41) is 0. The van der Waals surface area contributed by atoms with Crippen LogP contribution >= 0.6 is 0 Å². The highest BCUT2D eigenvalue weighted by molar-refractivity contribution is 5.10. The molecule has 3 heteroatoms. The van der Waals surface area contributed by atoms with Gasteiger partial charge in [0, 0.05) is 31.6 Å². The number of hydrogen-bond donors (Lipinski definition) is 1. The van der Waals surface area contributed by atoms with Gasteiger partial charge in [0.1, 0.15) is 0 Å². The van der Waals surface area contributed by atoms with Crippen LogP contribution in [0.4, 0.5) is 0 Å². The Balaban J connectivity index is 1.88. The highest BCUT2D eigenvalue weighted by atomic mass is 16.5. The Kier molecular flexibility index (Phi) is 3.69. The van der Waals surface area contributed by atoms with E-state index in [2.05, 4.69) is 11.1 Å². The summed E-state index contributed by atoms with van der Waals surface area (Å²) >= 11 is 0. The van der Waals surface area contributed by atoms with Gasteiger partial charge >= 0.3 is 0 Å². The van der Waals surface area contributed by atoms with Gasteiger partial charge in [-0.05, 0) is 36.8 Å². The van der Waals surface area contributed by atoms with Crippen molar-refractivity contribution in [2.75, 3.05) is 13.2 Å². The summed E-state index contributed by atoms with van der Waals surface area (Å²) in [7, 11) is 0. The molecule has 0 amide bonds. The molecule has 1 aromatic heterocycles. The minimum atomic E-state index is 0.248. The van der Waals surface area contributed by atoms with Crippen LogP contribution < -0.4 is 5.73 Å². The predicted molar refractivity (Wildman–Crippen MR) is 59.5 cm³/mol. The Bertz CT molecular complexity index is 283. The molecule has 1 unspecified atom stereocenters. The number of pyridine rings is 1. The highest BCUT2D eigenvalue weighted by Crippen LogP contribution is 2.19. The van der Waals surface area contributed by atoms with Crippen LogP contribution in [0, 0.1) is 5.92 Å². The second kappa shape index (κ2) is 5.24. The van der Waals surface area contributed by atoms with Gasteiger partial charge < -0.3 is 10.5 Å². The van der Waals surface area contributed by atoms with E-state index in [-0.39, 0.29) is 6.04 Å². The minimum absolute atomic E-state index is 0.248. The van der Waals surface area contributed by atoms with E-state index < -0.39 is 0 Å². The van der Waals surface area contributed by atoms with Crippen molar-refractivity contribution >= 4 is 0 Å². The summed E-state index contributed by atoms with van der Waals surface area (Å²) in [5.74, 6) is 0.610. The standard InChI is InChI=1S/C12H18N2O/c13-12(11-3-6-15-7-4-11)8-10-2-1-5-14-9-10/h1-2,5,9,11-12H,3-4,6-8,13H2. The van der Waals surface area contributed by atoms with E-state index in [4.69, 9.17) is 10.5 Å². The molecule has 1 aliphatic rings. The van der Waals surface area contributed by atoms with Crippen LogP contribution in [-0.2, 0) is 11.2 Å². The van der Waals surface area contributed by atoms with Crippen molar-refractivity contribution in [3.63, 3.8) is 0 Å². The van der Waals surface area contributed by atoms with Crippen LogP contribution in [0.15, 0.2) is 24.5 Å². The molecular weight excluding hydrogens is 188 g/mol. The maximum atomic E-state index is 6.20. The molecular formula is C12H18N2O. The summed E-state index contributed by atoms with van der Waals surface area (Å²) in [6.07, 6.45) is 6.82. The predicted octanol–water partition coefficient (Wildman–Crippen LogP) is 1.38. The summed E-state index contributed by atoms with van der Waals surface area (Å²) in [6, 6.07) is 4.30. The second-order valence-electron chi connectivity index (χ2n) is 4.18. The number of hydrogen-bond acceptors (Lipinski definition) is 3. The molecule has 15 heavy (non-hydrogen) atoms. The monoisotopic (exact) mass is 206 g/mol. The SMILES string of the molecule is NC(Cc1cccnc1)C1CCOCC1. The van der Waals surface area contributed by atoms with Crippen LogP contribution in [-0.4, -0.2) is 24.2 Å². The van der Waals surface area contributed by atoms with Gasteiger partial charge in [-0.15, -0.1) is 0 Å². The third-order valence-corrected chi connectivity index (χ3v) is 3.07. The third kappa shape index (κ3) is 3.01. The molecule has 2 N–H and O–H groups in total. The molecule has 0 aliphatic carbocycles. The molecule has 1 saturated heterocycles. The van der Waals surface area contributed by atoms with E-state index >= 15 is 0 Å². The smallest absolute Gasteiger partial charge is 0.0469 e. The summed E-state index contributed by atoms with van der Waals surface area (Å²) in [6.45, 7) is 1.73. The van der Waals surface area contributed by atoms with E-state index in [1.807, 2.05) is 12.3 Å². The van der Waals surface area contributed by atoms with Crippen molar-refractivity contribution in [3.8, 4) is 0 Å². The maximum absolute atomic E-state index is 6.20. The van der Waals surface area contributed by atoms with Gasteiger partial charge in [-0.1, -0.05) is 6.07 Å². The molecule has 82 valence electrons. The normalized spacial score (nSPS) is 20.1. The van der Waals surface area contributed by atoms with Crippen molar-refractivity contribution in [1.82, 2.24) is 4.98 Å². The van der Waals surface area contributed by atoms with Gasteiger partial charge in [0.25, 0.3) is 0 Å². The summed E-state index contributed by atoms with van der Waals surface area (Å²) in [5.41, 5.74) is 7.43. The second-order valence-corrected chi connectivity index (χ2v) is 4.18. The molecule has 1 aliphatic heterocycles. The van der Waals surface area contributed by atoms with E-state index in [1.165, 1.54) is 5.56 Å². The molecule has 0 bridgehead atoms. The van der Waals surface area contributed by atoms with Crippen LogP contribution in [0.2, 0.25) is 0 Å². The molecule has 0 spiro atoms. The molecule has 0 saturated carbocycles. The topological polar surface area (TPSA) is 48.1 Å². The molecule has 2 rings (SSSR count). The zero-order chi connectivity index (χ0) is 10.5. The number of aromatic nitrogens is 1. The van der Waals surface area contributed by atoms with Gasteiger partial charge in [-0.3, -0.25) is 4.98 Å². The van der Waals surface area contributed by atoms with E-state index in [1.54, 1.807) is 6.20 Å².